The Morgan fingerprint density at radius 3 is 2.92 bits per heavy atom. The lowest BCUT2D eigenvalue weighted by atomic mass is 10.5. The predicted molar refractivity (Wildman–Crippen MR) is 43.9 cm³/mol. The third-order valence-corrected chi connectivity index (χ3v) is 2.30. The molecule has 0 bridgehead atoms. The van der Waals surface area contributed by atoms with E-state index < -0.39 is 0 Å². The molecule has 0 aromatic carbocycles. The number of carbonyl (C=O) groups excluding carboxylic acids is 2. The summed E-state index contributed by atoms with van der Waals surface area (Å²) in [7, 11) is 0. The van der Waals surface area contributed by atoms with E-state index in [2.05, 4.69) is 10.2 Å². The van der Waals surface area contributed by atoms with Gasteiger partial charge in [0.1, 0.15) is 5.82 Å². The van der Waals surface area contributed by atoms with Crippen molar-refractivity contribution in [2.24, 2.45) is 0 Å². The molecule has 1 saturated heterocycles. The maximum atomic E-state index is 11.1. The molecular weight excluding hydrogens is 178 g/mol. The van der Waals surface area contributed by atoms with E-state index >= 15 is 0 Å². The highest BCUT2D eigenvalue weighted by molar-refractivity contribution is 8.15. The highest BCUT2D eigenvalue weighted by Crippen LogP contribution is 2.23. The Balaban J connectivity index is 2.34. The summed E-state index contributed by atoms with van der Waals surface area (Å²) in [5, 5.41) is 5.97. The summed E-state index contributed by atoms with van der Waals surface area (Å²) in [4.78, 5) is 23.3. The lowest BCUT2D eigenvalue weighted by Crippen LogP contribution is -2.28. The van der Waals surface area contributed by atoms with Crippen LogP contribution >= 0.6 is 11.8 Å². The quantitative estimate of drug-likeness (QED) is 0.692. The number of anilines is 1. The van der Waals surface area contributed by atoms with Gasteiger partial charge < -0.3 is 0 Å². The molecule has 1 fully saturated rings. The predicted octanol–water partition coefficient (Wildman–Crippen LogP) is 0.609. The molecule has 0 atom stereocenters. The maximum absolute atomic E-state index is 11.1. The van der Waals surface area contributed by atoms with Crippen molar-refractivity contribution < 1.29 is 9.59 Å². The molecule has 0 spiro atoms. The summed E-state index contributed by atoms with van der Waals surface area (Å²) in [6.45, 7) is 0. The molecule has 2 heterocycles. The number of hydrogen-bond acceptors (Lipinski definition) is 4. The first-order valence-electron chi connectivity index (χ1n) is 3.28. The molecule has 0 aliphatic carbocycles. The van der Waals surface area contributed by atoms with Crippen LogP contribution in [-0.4, -0.2) is 27.1 Å². The van der Waals surface area contributed by atoms with Crippen LogP contribution in [0.15, 0.2) is 12.3 Å². The number of amides is 2. The molecule has 6 heteroatoms. The van der Waals surface area contributed by atoms with E-state index in [9.17, 15) is 9.59 Å². The zero-order valence-electron chi connectivity index (χ0n) is 5.98. The molecule has 5 nitrogen and oxygen atoms in total. The second kappa shape index (κ2) is 2.63. The SMILES string of the molecule is O=C1CSC(=O)N1c1ccn[nH]1. The van der Waals surface area contributed by atoms with Crippen LogP contribution in [0, 0.1) is 0 Å². The number of carbonyl (C=O) groups is 2. The van der Waals surface area contributed by atoms with Crippen LogP contribution in [-0.2, 0) is 4.79 Å². The zero-order chi connectivity index (χ0) is 8.55. The maximum Gasteiger partial charge on any atom is 0.294 e. The Morgan fingerprint density at radius 2 is 2.42 bits per heavy atom. The number of H-pyrrole nitrogens is 1. The molecule has 0 radical (unpaired) electrons. The first kappa shape index (κ1) is 7.35. The van der Waals surface area contributed by atoms with Gasteiger partial charge >= 0.3 is 0 Å². The molecule has 1 aliphatic heterocycles. The number of nitrogens with one attached hydrogen (secondary N) is 1. The molecule has 1 aromatic rings. The van der Waals surface area contributed by atoms with Gasteiger partial charge in [0, 0.05) is 6.07 Å². The van der Waals surface area contributed by atoms with E-state index in [1.54, 1.807) is 6.07 Å². The molecule has 12 heavy (non-hydrogen) atoms. The van der Waals surface area contributed by atoms with E-state index in [1.165, 1.54) is 6.20 Å². The van der Waals surface area contributed by atoms with Crippen LogP contribution in [0.3, 0.4) is 0 Å². The Hall–Kier alpha value is -1.30. The average Bonchev–Trinajstić information content (AvgIpc) is 2.61. The fourth-order valence-corrected chi connectivity index (χ4v) is 1.67. The highest BCUT2D eigenvalue weighted by atomic mass is 32.2. The number of nitrogens with zero attached hydrogens (tertiary/aromatic N) is 2. The van der Waals surface area contributed by atoms with Gasteiger partial charge in [-0.25, -0.2) is 4.90 Å². The van der Waals surface area contributed by atoms with Crippen molar-refractivity contribution in [2.45, 2.75) is 0 Å². The van der Waals surface area contributed by atoms with Crippen molar-refractivity contribution in [2.75, 3.05) is 10.7 Å². The molecule has 2 rings (SSSR count). The first-order valence-corrected chi connectivity index (χ1v) is 4.26. The normalized spacial score (nSPS) is 17.5. The number of rotatable bonds is 1. The van der Waals surface area contributed by atoms with Crippen LogP contribution in [0.1, 0.15) is 0 Å². The van der Waals surface area contributed by atoms with Crippen molar-refractivity contribution in [3.63, 3.8) is 0 Å². The molecule has 2 amide bonds. The van der Waals surface area contributed by atoms with E-state index in [0.29, 0.717) is 5.82 Å². The summed E-state index contributed by atoms with van der Waals surface area (Å²) in [6.07, 6.45) is 1.50. The van der Waals surface area contributed by atoms with Gasteiger partial charge in [-0.2, -0.15) is 5.10 Å². The van der Waals surface area contributed by atoms with E-state index in [0.717, 1.165) is 16.7 Å². The van der Waals surface area contributed by atoms with Crippen molar-refractivity contribution in [1.29, 1.82) is 0 Å². The fourth-order valence-electron chi connectivity index (χ4n) is 0.960. The lowest BCUT2D eigenvalue weighted by molar-refractivity contribution is -0.115. The average molecular weight is 183 g/mol. The lowest BCUT2D eigenvalue weighted by Gasteiger charge is -2.07. The summed E-state index contributed by atoms with van der Waals surface area (Å²) in [6, 6.07) is 1.58. The summed E-state index contributed by atoms with van der Waals surface area (Å²) in [5.74, 6) is 0.460. The van der Waals surface area contributed by atoms with Gasteiger partial charge in [0.25, 0.3) is 5.24 Å². The summed E-state index contributed by atoms with van der Waals surface area (Å²) >= 11 is 1.00. The second-order valence-electron chi connectivity index (χ2n) is 2.23. The van der Waals surface area contributed by atoms with Crippen LogP contribution in [0.5, 0.6) is 0 Å². The van der Waals surface area contributed by atoms with Crippen LogP contribution in [0.25, 0.3) is 0 Å². The van der Waals surface area contributed by atoms with Crippen molar-refractivity contribution >= 4 is 28.7 Å². The molecule has 1 aliphatic rings. The monoisotopic (exact) mass is 183 g/mol. The Morgan fingerprint density at radius 1 is 1.58 bits per heavy atom. The zero-order valence-corrected chi connectivity index (χ0v) is 6.80. The Bertz CT molecular complexity index is 306. The summed E-state index contributed by atoms with van der Waals surface area (Å²) in [5.41, 5.74) is 0. The molecular formula is C6H5N3O2S. The van der Waals surface area contributed by atoms with Crippen LogP contribution in [0.2, 0.25) is 0 Å². The van der Waals surface area contributed by atoms with E-state index in [1.807, 2.05) is 0 Å². The standard InChI is InChI=1S/C6H5N3O2S/c10-5-3-12-6(11)9(5)4-1-2-7-8-4/h1-2H,3H2,(H,7,8). The Labute approximate surface area is 72.1 Å². The molecule has 1 aromatic heterocycles. The van der Waals surface area contributed by atoms with E-state index in [4.69, 9.17) is 0 Å². The number of imide groups is 1. The smallest absolute Gasteiger partial charge is 0.273 e. The molecule has 1 N–H and O–H groups in total. The third-order valence-electron chi connectivity index (χ3n) is 1.48. The number of aromatic amines is 1. The van der Waals surface area contributed by atoms with Crippen molar-refractivity contribution in [3.8, 4) is 0 Å². The number of aromatic nitrogens is 2. The minimum Gasteiger partial charge on any atom is -0.273 e. The van der Waals surface area contributed by atoms with Gasteiger partial charge in [-0.1, -0.05) is 11.8 Å². The van der Waals surface area contributed by atoms with Crippen LogP contribution in [0.4, 0.5) is 10.6 Å². The molecule has 0 saturated carbocycles. The highest BCUT2D eigenvalue weighted by Gasteiger charge is 2.31. The van der Waals surface area contributed by atoms with Gasteiger partial charge in [0.05, 0.1) is 11.9 Å². The molecule has 0 unspecified atom stereocenters. The van der Waals surface area contributed by atoms with Gasteiger partial charge in [0.2, 0.25) is 5.91 Å². The second-order valence-corrected chi connectivity index (χ2v) is 3.15. The topological polar surface area (TPSA) is 66.1 Å². The van der Waals surface area contributed by atoms with Crippen molar-refractivity contribution in [3.05, 3.63) is 12.3 Å². The third kappa shape index (κ3) is 1.00. The molecule has 62 valence electrons. The number of thioether (sulfide) groups is 1. The van der Waals surface area contributed by atoms with Gasteiger partial charge in [-0.15, -0.1) is 0 Å². The van der Waals surface area contributed by atoms with Crippen molar-refractivity contribution in [1.82, 2.24) is 10.2 Å². The largest absolute Gasteiger partial charge is 0.294 e. The first-order chi connectivity index (χ1) is 5.79. The minimum atomic E-state index is -0.246. The fraction of sp³-hybridized carbons (Fsp3) is 0.167. The van der Waals surface area contributed by atoms with Gasteiger partial charge in [-0.05, 0) is 0 Å². The van der Waals surface area contributed by atoms with Gasteiger partial charge in [-0.3, -0.25) is 14.7 Å². The Kier molecular flexibility index (Phi) is 1.61. The van der Waals surface area contributed by atoms with Gasteiger partial charge in [0.15, 0.2) is 0 Å². The van der Waals surface area contributed by atoms with Crippen LogP contribution < -0.4 is 4.90 Å². The summed E-state index contributed by atoms with van der Waals surface area (Å²) < 4.78 is 0. The number of hydrogen-bond donors (Lipinski definition) is 1. The minimum absolute atomic E-state index is 0.200. The van der Waals surface area contributed by atoms with E-state index in [-0.39, 0.29) is 16.9 Å².